The summed E-state index contributed by atoms with van der Waals surface area (Å²) in [7, 11) is -3.46. The van der Waals surface area contributed by atoms with Crippen molar-refractivity contribution in [2.24, 2.45) is 0 Å². The maximum absolute atomic E-state index is 12.2. The van der Waals surface area contributed by atoms with E-state index in [0.717, 1.165) is 17.4 Å². The van der Waals surface area contributed by atoms with Crippen LogP contribution in [-0.4, -0.2) is 27.1 Å². The molecule has 25 heavy (non-hydrogen) atoms. The maximum Gasteiger partial charge on any atom is 0.232 e. The average Bonchev–Trinajstić information content (AvgIpc) is 2.54. The Kier molecular flexibility index (Phi) is 6.20. The van der Waals surface area contributed by atoms with Crippen LogP contribution in [0.5, 0.6) is 0 Å². The van der Waals surface area contributed by atoms with E-state index in [4.69, 9.17) is 0 Å². The molecule has 0 aromatic heterocycles. The molecule has 2 rings (SSSR count). The Morgan fingerprint density at radius 1 is 1.12 bits per heavy atom. The second-order valence-corrected chi connectivity index (χ2v) is 8.03. The van der Waals surface area contributed by atoms with Crippen LogP contribution in [-0.2, 0) is 14.8 Å². The van der Waals surface area contributed by atoms with Gasteiger partial charge in [-0.25, -0.2) is 8.42 Å². The van der Waals surface area contributed by atoms with Crippen molar-refractivity contribution in [2.75, 3.05) is 17.1 Å². The maximum atomic E-state index is 12.2. The van der Waals surface area contributed by atoms with Crippen molar-refractivity contribution in [2.45, 2.75) is 26.3 Å². The van der Waals surface area contributed by atoms with E-state index in [2.05, 4.69) is 5.32 Å². The van der Waals surface area contributed by atoms with Gasteiger partial charge in [-0.3, -0.25) is 9.10 Å². The molecule has 1 amide bonds. The van der Waals surface area contributed by atoms with E-state index in [-0.39, 0.29) is 24.9 Å². The van der Waals surface area contributed by atoms with E-state index in [1.165, 1.54) is 4.31 Å². The van der Waals surface area contributed by atoms with Gasteiger partial charge in [0.25, 0.3) is 0 Å². The minimum absolute atomic E-state index is 0.0954. The number of amides is 1. The van der Waals surface area contributed by atoms with E-state index in [0.29, 0.717) is 5.69 Å². The number of carbonyl (C=O) groups excluding carboxylic acids is 1. The minimum atomic E-state index is -3.46. The van der Waals surface area contributed by atoms with Gasteiger partial charge in [-0.2, -0.15) is 0 Å². The Hall–Kier alpha value is -2.34. The summed E-state index contributed by atoms with van der Waals surface area (Å²) in [5, 5.41) is 2.91. The van der Waals surface area contributed by atoms with Gasteiger partial charge < -0.3 is 5.32 Å². The molecule has 0 bridgehead atoms. The number of benzene rings is 2. The van der Waals surface area contributed by atoms with E-state index in [1.54, 1.807) is 18.2 Å². The van der Waals surface area contributed by atoms with Crippen molar-refractivity contribution >= 4 is 21.6 Å². The summed E-state index contributed by atoms with van der Waals surface area (Å²) in [6.45, 7) is 3.91. The van der Waals surface area contributed by atoms with Crippen molar-refractivity contribution in [3.8, 4) is 0 Å². The molecule has 0 spiro atoms. The van der Waals surface area contributed by atoms with Crippen LogP contribution in [0.15, 0.2) is 54.6 Å². The van der Waals surface area contributed by atoms with Gasteiger partial charge in [-0.15, -0.1) is 0 Å². The first kappa shape index (κ1) is 19.0. The first-order valence-corrected chi connectivity index (χ1v) is 10.0. The van der Waals surface area contributed by atoms with Crippen LogP contribution in [0.4, 0.5) is 5.69 Å². The molecule has 134 valence electrons. The van der Waals surface area contributed by atoms with Crippen molar-refractivity contribution in [1.29, 1.82) is 0 Å². The Morgan fingerprint density at radius 2 is 1.80 bits per heavy atom. The second kappa shape index (κ2) is 8.16. The van der Waals surface area contributed by atoms with Gasteiger partial charge in [-0.1, -0.05) is 42.5 Å². The molecule has 0 heterocycles. The van der Waals surface area contributed by atoms with Gasteiger partial charge in [0.15, 0.2) is 0 Å². The predicted molar refractivity (Wildman–Crippen MR) is 101 cm³/mol. The summed E-state index contributed by atoms with van der Waals surface area (Å²) >= 11 is 0. The fraction of sp³-hybridized carbons (Fsp3) is 0.316. The number of aryl methyl sites for hydroxylation is 1. The third kappa shape index (κ3) is 5.60. The summed E-state index contributed by atoms with van der Waals surface area (Å²) < 4.78 is 25.5. The topological polar surface area (TPSA) is 66.5 Å². The fourth-order valence-corrected chi connectivity index (χ4v) is 3.53. The molecule has 0 radical (unpaired) electrons. The Bertz CT molecular complexity index is 820. The Balaban J connectivity index is 2.02. The summed E-state index contributed by atoms with van der Waals surface area (Å²) in [6, 6.07) is 16.8. The summed E-state index contributed by atoms with van der Waals surface area (Å²) in [5.74, 6) is -0.183. The molecule has 6 heteroatoms. The largest absolute Gasteiger partial charge is 0.350 e. The summed E-state index contributed by atoms with van der Waals surface area (Å²) in [6.07, 6.45) is 1.25. The zero-order chi connectivity index (χ0) is 18.4. The summed E-state index contributed by atoms with van der Waals surface area (Å²) in [5.41, 5.74) is 2.55. The van der Waals surface area contributed by atoms with Gasteiger partial charge >= 0.3 is 0 Å². The zero-order valence-electron chi connectivity index (χ0n) is 14.8. The van der Waals surface area contributed by atoms with Crippen molar-refractivity contribution < 1.29 is 13.2 Å². The van der Waals surface area contributed by atoms with E-state index in [9.17, 15) is 13.2 Å². The molecule has 1 N–H and O–H groups in total. The summed E-state index contributed by atoms with van der Waals surface area (Å²) in [4.78, 5) is 12.2. The smallest absolute Gasteiger partial charge is 0.232 e. The average molecular weight is 360 g/mol. The number of hydrogen-bond donors (Lipinski definition) is 1. The molecule has 1 atom stereocenters. The molecule has 2 aromatic carbocycles. The standard InChI is InChI=1S/C19H24N2O3S/c1-15-8-7-11-18(14-15)21(25(3,23)24)13-12-19(22)20-16(2)17-9-5-4-6-10-17/h4-11,14,16H,12-13H2,1-3H3,(H,20,22). The minimum Gasteiger partial charge on any atom is -0.350 e. The van der Waals surface area contributed by atoms with Crippen molar-refractivity contribution in [1.82, 2.24) is 5.32 Å². The lowest BCUT2D eigenvalue weighted by Gasteiger charge is -2.23. The highest BCUT2D eigenvalue weighted by molar-refractivity contribution is 7.92. The van der Waals surface area contributed by atoms with Gasteiger partial charge in [0.05, 0.1) is 18.0 Å². The number of rotatable bonds is 7. The molecular weight excluding hydrogens is 336 g/mol. The number of sulfonamides is 1. The molecule has 0 aliphatic rings. The molecule has 2 aromatic rings. The predicted octanol–water partition coefficient (Wildman–Crippen LogP) is 3.03. The monoisotopic (exact) mass is 360 g/mol. The third-order valence-electron chi connectivity index (χ3n) is 3.91. The molecule has 0 aliphatic carbocycles. The normalized spacial score (nSPS) is 12.4. The SMILES string of the molecule is Cc1cccc(N(CCC(=O)NC(C)c2ccccc2)S(C)(=O)=O)c1. The first-order chi connectivity index (χ1) is 11.8. The number of anilines is 1. The molecule has 0 saturated carbocycles. The lowest BCUT2D eigenvalue weighted by molar-refractivity contribution is -0.121. The highest BCUT2D eigenvalue weighted by atomic mass is 32.2. The van der Waals surface area contributed by atoms with E-state index >= 15 is 0 Å². The number of carbonyl (C=O) groups is 1. The first-order valence-electron chi connectivity index (χ1n) is 8.16. The highest BCUT2D eigenvalue weighted by Gasteiger charge is 2.19. The van der Waals surface area contributed by atoms with Gasteiger partial charge in [0.1, 0.15) is 0 Å². The Morgan fingerprint density at radius 3 is 2.40 bits per heavy atom. The molecule has 1 unspecified atom stereocenters. The van der Waals surface area contributed by atoms with E-state index < -0.39 is 10.0 Å². The van der Waals surface area contributed by atoms with Crippen LogP contribution in [0, 0.1) is 6.92 Å². The van der Waals surface area contributed by atoms with Crippen molar-refractivity contribution in [3.05, 3.63) is 65.7 Å². The fourth-order valence-electron chi connectivity index (χ4n) is 2.61. The number of nitrogens with zero attached hydrogens (tertiary/aromatic N) is 1. The molecule has 5 nitrogen and oxygen atoms in total. The molecule has 0 aliphatic heterocycles. The van der Waals surface area contributed by atoms with Crippen LogP contribution in [0.2, 0.25) is 0 Å². The molecule has 0 fully saturated rings. The molecule has 0 saturated heterocycles. The van der Waals surface area contributed by atoms with Gasteiger partial charge in [0.2, 0.25) is 15.9 Å². The van der Waals surface area contributed by atoms with Crippen LogP contribution in [0.1, 0.15) is 30.5 Å². The quantitative estimate of drug-likeness (QED) is 0.825. The molecular formula is C19H24N2O3S. The zero-order valence-corrected chi connectivity index (χ0v) is 15.6. The number of hydrogen-bond acceptors (Lipinski definition) is 3. The van der Waals surface area contributed by atoms with Crippen molar-refractivity contribution in [3.63, 3.8) is 0 Å². The van der Waals surface area contributed by atoms with Crippen LogP contribution < -0.4 is 9.62 Å². The second-order valence-electron chi connectivity index (χ2n) is 6.12. The van der Waals surface area contributed by atoms with E-state index in [1.807, 2.05) is 50.2 Å². The number of nitrogens with one attached hydrogen (secondary N) is 1. The lowest BCUT2D eigenvalue weighted by Crippen LogP contribution is -2.35. The third-order valence-corrected chi connectivity index (χ3v) is 5.10. The van der Waals surface area contributed by atoms with Gasteiger partial charge in [-0.05, 0) is 37.1 Å². The lowest BCUT2D eigenvalue weighted by atomic mass is 10.1. The van der Waals surface area contributed by atoms with Crippen LogP contribution in [0.3, 0.4) is 0 Å². The van der Waals surface area contributed by atoms with Crippen LogP contribution >= 0.6 is 0 Å². The van der Waals surface area contributed by atoms with Gasteiger partial charge in [0, 0.05) is 13.0 Å². The Labute approximate surface area is 149 Å². The van der Waals surface area contributed by atoms with Crippen LogP contribution in [0.25, 0.3) is 0 Å². The highest BCUT2D eigenvalue weighted by Crippen LogP contribution is 2.19.